The molecule has 0 unspecified atom stereocenters. The van der Waals surface area contributed by atoms with Crippen LogP contribution in [-0.2, 0) is 9.53 Å². The van der Waals surface area contributed by atoms with E-state index in [2.05, 4.69) is 4.74 Å². The van der Waals surface area contributed by atoms with Gasteiger partial charge >= 0.3 is 42.0 Å². The number of carbonyl (C=O) groups excluding carboxylic acids is 1. The lowest BCUT2D eigenvalue weighted by Crippen LogP contribution is -2.69. The molecule has 14 heteroatoms. The first-order chi connectivity index (χ1) is 12.9. The molecule has 0 aromatic rings. The SMILES string of the molecule is O=C(OCC(F)(F)C(F)(F)C(F)(F)C(F)(F)C(F)(F)C(F)F)C1CCCCCC1. The highest BCUT2D eigenvalue weighted by molar-refractivity contribution is 5.72. The highest BCUT2D eigenvalue weighted by Crippen LogP contribution is 2.58. The smallest absolute Gasteiger partial charge is 0.384 e. The van der Waals surface area contributed by atoms with Crippen molar-refractivity contribution in [3.05, 3.63) is 0 Å². The van der Waals surface area contributed by atoms with Crippen LogP contribution in [0, 0.1) is 5.92 Å². The molecule has 172 valence electrons. The fourth-order valence-corrected chi connectivity index (χ4v) is 2.66. The Balaban J connectivity index is 3.03. The maximum atomic E-state index is 13.6. The van der Waals surface area contributed by atoms with Crippen molar-refractivity contribution in [2.45, 2.75) is 74.6 Å². The van der Waals surface area contributed by atoms with Crippen molar-refractivity contribution in [2.24, 2.45) is 5.92 Å². The second-order valence-corrected chi connectivity index (χ2v) is 6.65. The summed E-state index contributed by atoms with van der Waals surface area (Å²) in [6.07, 6.45) is -3.04. The quantitative estimate of drug-likeness (QED) is 0.257. The van der Waals surface area contributed by atoms with Crippen LogP contribution in [0.2, 0.25) is 0 Å². The lowest BCUT2D eigenvalue weighted by atomic mass is 9.94. The Labute approximate surface area is 156 Å². The number of carbonyl (C=O) groups is 1. The fraction of sp³-hybridized carbons (Fsp3) is 0.933. The van der Waals surface area contributed by atoms with Crippen LogP contribution in [0.5, 0.6) is 0 Å². The Hall–Kier alpha value is -1.37. The molecule has 1 fully saturated rings. The largest absolute Gasteiger partial charge is 0.459 e. The van der Waals surface area contributed by atoms with Crippen LogP contribution >= 0.6 is 0 Å². The monoisotopic (exact) mass is 456 g/mol. The van der Waals surface area contributed by atoms with Gasteiger partial charge in [-0.3, -0.25) is 4.79 Å². The lowest BCUT2D eigenvalue weighted by molar-refractivity contribution is -0.414. The van der Waals surface area contributed by atoms with Crippen LogP contribution in [0.1, 0.15) is 38.5 Å². The van der Waals surface area contributed by atoms with Gasteiger partial charge in [-0.15, -0.1) is 0 Å². The first kappa shape index (κ1) is 25.7. The van der Waals surface area contributed by atoms with Gasteiger partial charge in [0.1, 0.15) is 0 Å². The number of hydrogen-bond acceptors (Lipinski definition) is 2. The van der Waals surface area contributed by atoms with Crippen molar-refractivity contribution < 1.29 is 62.2 Å². The normalized spacial score (nSPS) is 18.7. The van der Waals surface area contributed by atoms with Crippen LogP contribution in [-0.4, -0.2) is 48.6 Å². The minimum atomic E-state index is -7.61. The average molecular weight is 456 g/mol. The molecule has 1 rings (SSSR count). The van der Waals surface area contributed by atoms with E-state index in [1.54, 1.807) is 0 Å². The number of alkyl halides is 12. The van der Waals surface area contributed by atoms with Crippen LogP contribution in [0.3, 0.4) is 0 Å². The molecular weight excluding hydrogens is 440 g/mol. The average Bonchev–Trinajstić information content (AvgIpc) is 2.88. The van der Waals surface area contributed by atoms with E-state index < -0.39 is 54.5 Å². The molecule has 2 nitrogen and oxygen atoms in total. The summed E-state index contributed by atoms with van der Waals surface area (Å²) in [5, 5.41) is 0. The van der Waals surface area contributed by atoms with E-state index in [0.29, 0.717) is 25.7 Å². The minimum Gasteiger partial charge on any atom is -0.459 e. The third-order valence-electron chi connectivity index (χ3n) is 4.52. The molecule has 0 amide bonds. The maximum absolute atomic E-state index is 13.6. The summed E-state index contributed by atoms with van der Waals surface area (Å²) in [5.41, 5.74) is 0. The van der Waals surface area contributed by atoms with Crippen molar-refractivity contribution in [1.29, 1.82) is 0 Å². The van der Waals surface area contributed by atoms with E-state index in [-0.39, 0.29) is 12.8 Å². The predicted octanol–water partition coefficient (Wildman–Crippen LogP) is 5.94. The summed E-state index contributed by atoms with van der Waals surface area (Å²) in [6.45, 7) is -2.83. The Morgan fingerprint density at radius 2 is 1.21 bits per heavy atom. The Bertz CT molecular complexity index is 568. The van der Waals surface area contributed by atoms with Gasteiger partial charge in [-0.25, -0.2) is 8.78 Å². The van der Waals surface area contributed by atoms with Crippen LogP contribution in [0.4, 0.5) is 52.7 Å². The molecule has 0 N–H and O–H groups in total. The number of halogens is 12. The molecule has 0 saturated heterocycles. The topological polar surface area (TPSA) is 26.3 Å². The molecule has 29 heavy (non-hydrogen) atoms. The molecule has 0 heterocycles. The maximum Gasteiger partial charge on any atom is 0.384 e. The van der Waals surface area contributed by atoms with Crippen molar-refractivity contribution in [3.8, 4) is 0 Å². The first-order valence-electron chi connectivity index (χ1n) is 8.27. The van der Waals surface area contributed by atoms with Gasteiger partial charge in [0.05, 0.1) is 5.92 Å². The van der Waals surface area contributed by atoms with Crippen molar-refractivity contribution >= 4 is 5.97 Å². The fourth-order valence-electron chi connectivity index (χ4n) is 2.66. The Morgan fingerprint density at radius 3 is 1.62 bits per heavy atom. The van der Waals surface area contributed by atoms with E-state index in [1.807, 2.05) is 0 Å². The molecule has 0 bridgehead atoms. The molecule has 0 radical (unpaired) electrons. The summed E-state index contributed by atoms with van der Waals surface area (Å²) < 4.78 is 160. The minimum absolute atomic E-state index is 0.121. The standard InChI is InChI=1S/C15H16F12O2/c16-10(17)12(20,21)14(24,25)15(26,27)13(22,23)11(18,19)7-29-9(28)8-5-3-1-2-4-6-8/h8,10H,1-7H2. The Morgan fingerprint density at radius 1 is 0.759 bits per heavy atom. The van der Waals surface area contributed by atoms with Gasteiger partial charge in [-0.1, -0.05) is 25.7 Å². The molecule has 1 aliphatic rings. The summed E-state index contributed by atoms with van der Waals surface area (Å²) in [7, 11) is 0. The highest BCUT2D eigenvalue weighted by Gasteiger charge is 2.87. The summed E-state index contributed by atoms with van der Waals surface area (Å²) in [5.74, 6) is -38.2. The van der Waals surface area contributed by atoms with E-state index in [9.17, 15) is 57.5 Å². The third-order valence-corrected chi connectivity index (χ3v) is 4.52. The third kappa shape index (κ3) is 4.54. The molecule has 0 aromatic heterocycles. The van der Waals surface area contributed by atoms with Gasteiger partial charge in [0, 0.05) is 0 Å². The van der Waals surface area contributed by atoms with E-state index in [1.165, 1.54) is 0 Å². The van der Waals surface area contributed by atoms with Gasteiger partial charge in [-0.2, -0.15) is 43.9 Å². The lowest BCUT2D eigenvalue weighted by Gasteiger charge is -2.38. The number of ether oxygens (including phenoxy) is 1. The van der Waals surface area contributed by atoms with Crippen molar-refractivity contribution in [1.82, 2.24) is 0 Å². The second-order valence-electron chi connectivity index (χ2n) is 6.65. The van der Waals surface area contributed by atoms with E-state index in [4.69, 9.17) is 0 Å². The summed E-state index contributed by atoms with van der Waals surface area (Å²) >= 11 is 0. The molecular formula is C15H16F12O2. The van der Waals surface area contributed by atoms with Crippen LogP contribution in [0.25, 0.3) is 0 Å². The summed E-state index contributed by atoms with van der Waals surface area (Å²) in [6, 6.07) is 0. The van der Waals surface area contributed by atoms with Gasteiger partial charge in [0.25, 0.3) is 0 Å². The number of rotatable bonds is 8. The van der Waals surface area contributed by atoms with Crippen molar-refractivity contribution in [2.75, 3.05) is 6.61 Å². The molecule has 0 aliphatic heterocycles. The number of esters is 1. The van der Waals surface area contributed by atoms with Gasteiger partial charge in [-0.05, 0) is 12.8 Å². The zero-order chi connectivity index (χ0) is 22.9. The zero-order valence-corrected chi connectivity index (χ0v) is 14.5. The molecule has 1 aliphatic carbocycles. The predicted molar refractivity (Wildman–Crippen MR) is 72.9 cm³/mol. The second kappa shape index (κ2) is 8.40. The van der Waals surface area contributed by atoms with Crippen molar-refractivity contribution in [3.63, 3.8) is 0 Å². The van der Waals surface area contributed by atoms with E-state index >= 15 is 0 Å². The van der Waals surface area contributed by atoms with Crippen LogP contribution < -0.4 is 0 Å². The number of hydrogen-bond donors (Lipinski definition) is 0. The highest BCUT2D eigenvalue weighted by atomic mass is 19.4. The van der Waals surface area contributed by atoms with E-state index in [0.717, 1.165) is 0 Å². The van der Waals surface area contributed by atoms with Gasteiger partial charge in [0.15, 0.2) is 6.61 Å². The summed E-state index contributed by atoms with van der Waals surface area (Å²) in [4.78, 5) is 11.7. The molecule has 0 atom stereocenters. The van der Waals surface area contributed by atoms with Gasteiger partial charge in [0.2, 0.25) is 0 Å². The first-order valence-corrected chi connectivity index (χ1v) is 8.27. The molecule has 0 aromatic carbocycles. The molecule has 1 saturated carbocycles. The van der Waals surface area contributed by atoms with Crippen LogP contribution in [0.15, 0.2) is 0 Å². The van der Waals surface area contributed by atoms with Gasteiger partial charge < -0.3 is 4.74 Å². The Kier molecular flexibility index (Phi) is 7.44. The zero-order valence-electron chi connectivity index (χ0n) is 14.5. The molecule has 0 spiro atoms.